The lowest BCUT2D eigenvalue weighted by Crippen LogP contribution is -2.23. The third kappa shape index (κ3) is 4.65. The second kappa shape index (κ2) is 7.70. The van der Waals surface area contributed by atoms with Gasteiger partial charge in [-0.1, -0.05) is 6.07 Å². The molecule has 0 saturated carbocycles. The lowest BCUT2D eigenvalue weighted by Gasteiger charge is -2.20. The monoisotopic (exact) mass is 392 g/mol. The van der Waals surface area contributed by atoms with Gasteiger partial charge in [0.15, 0.2) is 11.6 Å². The van der Waals surface area contributed by atoms with Crippen molar-refractivity contribution in [1.29, 1.82) is 0 Å². The van der Waals surface area contributed by atoms with Gasteiger partial charge in [-0.25, -0.2) is 4.79 Å². The number of hydrogen-bond donors (Lipinski definition) is 0. The topological polar surface area (TPSA) is 85.2 Å². The van der Waals surface area contributed by atoms with Gasteiger partial charge in [0.25, 0.3) is 0 Å². The number of carbonyl (C=O) groups is 3. The summed E-state index contributed by atoms with van der Waals surface area (Å²) < 4.78 is 5.42. The van der Waals surface area contributed by atoms with Crippen molar-refractivity contribution >= 4 is 28.9 Å². The lowest BCUT2D eigenvalue weighted by molar-refractivity contribution is 0.00693. The van der Waals surface area contributed by atoms with Gasteiger partial charge in [0.05, 0.1) is 16.9 Å². The van der Waals surface area contributed by atoms with Gasteiger partial charge in [0.2, 0.25) is 0 Å². The van der Waals surface area contributed by atoms with Crippen molar-refractivity contribution in [3.63, 3.8) is 0 Å². The minimum atomic E-state index is -0.584. The lowest BCUT2D eigenvalue weighted by atomic mass is 9.93. The van der Waals surface area contributed by atoms with Crippen molar-refractivity contribution in [1.82, 2.24) is 0 Å². The van der Waals surface area contributed by atoms with Crippen molar-refractivity contribution in [3.05, 3.63) is 58.1 Å². The van der Waals surface area contributed by atoms with Crippen molar-refractivity contribution in [3.8, 4) is 0 Å². The Balaban J connectivity index is 2.01. The van der Waals surface area contributed by atoms with E-state index in [0.717, 1.165) is 11.1 Å². The summed E-state index contributed by atoms with van der Waals surface area (Å²) in [5.74, 6) is -0.759. The highest BCUT2D eigenvalue weighted by molar-refractivity contribution is 6.08. The molecule has 2 aromatic rings. The second-order valence-electron chi connectivity index (χ2n) is 8.18. The van der Waals surface area contributed by atoms with Crippen LogP contribution in [-0.2, 0) is 17.6 Å². The molecule has 0 amide bonds. The van der Waals surface area contributed by atoms with E-state index in [1.807, 2.05) is 26.8 Å². The molecule has 3 rings (SSSR count). The highest BCUT2D eigenvalue weighted by Gasteiger charge is 2.21. The van der Waals surface area contributed by atoms with Crippen molar-refractivity contribution in [2.45, 2.75) is 53.1 Å². The molecular weight excluding hydrogens is 368 g/mol. The average molecular weight is 392 g/mol. The van der Waals surface area contributed by atoms with Crippen LogP contribution in [0.5, 0.6) is 0 Å². The Morgan fingerprint density at radius 3 is 1.97 bits per heavy atom. The van der Waals surface area contributed by atoms with Crippen LogP contribution in [0.15, 0.2) is 40.6 Å². The summed E-state index contributed by atoms with van der Waals surface area (Å²) in [5, 5.41) is 8.64. The summed E-state index contributed by atoms with van der Waals surface area (Å²) in [6, 6.07) is 8.63. The summed E-state index contributed by atoms with van der Waals surface area (Å²) >= 11 is 0. The normalized spacial score (nSPS) is 13.0. The smallest absolute Gasteiger partial charge is 0.338 e. The molecule has 1 aliphatic heterocycles. The largest absolute Gasteiger partial charge is 0.456 e. The molecular formula is C23H24N2O4. The maximum Gasteiger partial charge on any atom is 0.338 e. The van der Waals surface area contributed by atoms with Crippen LogP contribution in [-0.4, -0.2) is 23.1 Å². The van der Waals surface area contributed by atoms with Crippen LogP contribution in [0, 0.1) is 0 Å². The van der Waals surface area contributed by atoms with Gasteiger partial charge in [-0.2, -0.15) is 10.2 Å². The predicted molar refractivity (Wildman–Crippen MR) is 110 cm³/mol. The van der Waals surface area contributed by atoms with Crippen LogP contribution >= 0.6 is 0 Å². The fraction of sp³-hybridized carbons (Fsp3) is 0.348. The summed E-state index contributed by atoms with van der Waals surface area (Å²) in [6.45, 7) is 8.33. The fourth-order valence-electron chi connectivity index (χ4n) is 3.22. The molecule has 6 nitrogen and oxygen atoms in total. The number of Topliss-reactive ketones (excluding diaryl/α,β-unsaturated/α-hetero) is 2. The molecule has 0 fully saturated rings. The number of rotatable bonds is 3. The summed E-state index contributed by atoms with van der Waals surface area (Å²) in [6.07, 6.45) is 1.32. The van der Waals surface area contributed by atoms with Crippen molar-refractivity contribution in [2.75, 3.05) is 0 Å². The standard InChI is InChI=1S/C23H24N2O4/c1-13(26)18-10-16-8-6-15-7-9-17(22(28)29-23(3,4)5)11-20(15)24-25-21(16)12-19(18)14(2)27/h7,9-12H,6,8H2,1-5H3. The number of ketones is 2. The molecule has 150 valence electrons. The van der Waals surface area contributed by atoms with Crippen molar-refractivity contribution < 1.29 is 19.1 Å². The third-order valence-corrected chi connectivity index (χ3v) is 4.63. The first-order chi connectivity index (χ1) is 13.5. The number of hydrogen-bond acceptors (Lipinski definition) is 6. The van der Waals surface area contributed by atoms with Crippen LogP contribution in [0.2, 0.25) is 0 Å². The molecule has 1 aliphatic rings. The maximum atomic E-state index is 12.4. The molecule has 0 saturated heterocycles. The summed E-state index contributed by atoms with van der Waals surface area (Å²) in [7, 11) is 0. The van der Waals surface area contributed by atoms with Crippen LogP contribution in [0.25, 0.3) is 0 Å². The Morgan fingerprint density at radius 1 is 0.828 bits per heavy atom. The van der Waals surface area contributed by atoms with Gasteiger partial charge in [0, 0.05) is 11.1 Å². The van der Waals surface area contributed by atoms with E-state index in [1.54, 1.807) is 24.3 Å². The molecule has 6 heteroatoms. The number of esters is 1. The molecule has 29 heavy (non-hydrogen) atoms. The number of ether oxygens (including phenoxy) is 1. The van der Waals surface area contributed by atoms with Crippen LogP contribution in [0.3, 0.4) is 0 Å². The van der Waals surface area contributed by atoms with Crippen LogP contribution < -0.4 is 0 Å². The zero-order valence-electron chi connectivity index (χ0n) is 17.3. The van der Waals surface area contributed by atoms with E-state index in [1.165, 1.54) is 13.8 Å². The molecule has 2 aromatic carbocycles. The maximum absolute atomic E-state index is 12.4. The van der Waals surface area contributed by atoms with E-state index in [4.69, 9.17) is 4.74 Å². The Hall–Kier alpha value is -3.15. The van der Waals surface area contributed by atoms with E-state index in [9.17, 15) is 14.4 Å². The molecule has 0 aromatic heterocycles. The summed E-state index contributed by atoms with van der Waals surface area (Å²) in [4.78, 5) is 36.3. The molecule has 0 unspecified atom stereocenters. The Bertz CT molecular complexity index is 1050. The predicted octanol–water partition coefficient (Wildman–Crippen LogP) is 5.56. The van der Waals surface area contributed by atoms with Crippen molar-refractivity contribution in [2.24, 2.45) is 10.2 Å². The van der Waals surface area contributed by atoms with Gasteiger partial charge < -0.3 is 4.74 Å². The minimum Gasteiger partial charge on any atom is -0.456 e. The number of azo groups is 1. The Kier molecular flexibility index (Phi) is 5.46. The first kappa shape index (κ1) is 20.6. The molecule has 1 heterocycles. The highest BCUT2D eigenvalue weighted by Crippen LogP contribution is 2.33. The Morgan fingerprint density at radius 2 is 1.38 bits per heavy atom. The molecule has 0 N–H and O–H groups in total. The SMILES string of the molecule is CC(=O)c1cc2c(cc1C(C)=O)N=Nc1cc(C(=O)OC(C)(C)C)ccc1CC2. The summed E-state index contributed by atoms with van der Waals surface area (Å²) in [5.41, 5.74) is 3.56. The zero-order valence-corrected chi connectivity index (χ0v) is 17.3. The number of benzene rings is 2. The van der Waals surface area contributed by atoms with Gasteiger partial charge in [-0.05, 0) is 82.9 Å². The van der Waals surface area contributed by atoms with E-state index in [2.05, 4.69) is 10.2 Å². The third-order valence-electron chi connectivity index (χ3n) is 4.63. The van der Waals surface area contributed by atoms with Gasteiger partial charge in [-0.3, -0.25) is 9.59 Å². The van der Waals surface area contributed by atoms with E-state index >= 15 is 0 Å². The number of nitrogens with zero attached hydrogens (tertiary/aromatic N) is 2. The van der Waals surface area contributed by atoms with Crippen LogP contribution in [0.1, 0.15) is 76.8 Å². The van der Waals surface area contributed by atoms with E-state index in [0.29, 0.717) is 40.9 Å². The molecule has 0 atom stereocenters. The van der Waals surface area contributed by atoms with Gasteiger partial charge in [-0.15, -0.1) is 0 Å². The van der Waals surface area contributed by atoms with Crippen LogP contribution in [0.4, 0.5) is 11.4 Å². The zero-order chi connectivity index (χ0) is 21.3. The molecule has 0 bridgehead atoms. The first-order valence-corrected chi connectivity index (χ1v) is 9.52. The minimum absolute atomic E-state index is 0.153. The Labute approximate surface area is 170 Å². The van der Waals surface area contributed by atoms with E-state index in [-0.39, 0.29) is 11.6 Å². The molecule has 0 radical (unpaired) electrons. The quantitative estimate of drug-likeness (QED) is 0.505. The average Bonchev–Trinajstić information content (AvgIpc) is 2.61. The number of fused-ring (bicyclic) bond motifs is 2. The van der Waals surface area contributed by atoms with Gasteiger partial charge in [0.1, 0.15) is 5.60 Å². The van der Waals surface area contributed by atoms with Gasteiger partial charge >= 0.3 is 5.97 Å². The first-order valence-electron chi connectivity index (χ1n) is 9.52. The number of carbonyl (C=O) groups excluding carboxylic acids is 3. The molecule has 0 aliphatic carbocycles. The second-order valence-corrected chi connectivity index (χ2v) is 8.18. The number of aryl methyl sites for hydroxylation is 2. The fourth-order valence-corrected chi connectivity index (χ4v) is 3.22. The molecule has 0 spiro atoms. The van der Waals surface area contributed by atoms with E-state index < -0.39 is 11.6 Å². The highest BCUT2D eigenvalue weighted by atomic mass is 16.6.